The fourth-order valence-electron chi connectivity index (χ4n) is 4.26. The van der Waals surface area contributed by atoms with E-state index in [0.717, 1.165) is 6.42 Å². The first-order valence-corrected chi connectivity index (χ1v) is 12.5. The van der Waals surface area contributed by atoms with Crippen molar-refractivity contribution in [2.75, 3.05) is 24.3 Å². The Hall–Kier alpha value is -4.41. The summed E-state index contributed by atoms with van der Waals surface area (Å²) in [4.78, 5) is 48.8. The van der Waals surface area contributed by atoms with Gasteiger partial charge in [0.15, 0.2) is 11.5 Å². The number of nitrogens with zero attached hydrogens (tertiary/aromatic N) is 4. The van der Waals surface area contributed by atoms with Crippen molar-refractivity contribution in [1.82, 2.24) is 19.5 Å². The average Bonchev–Trinajstić information content (AvgIpc) is 3.48. The van der Waals surface area contributed by atoms with Gasteiger partial charge in [0.2, 0.25) is 0 Å². The maximum Gasteiger partial charge on any atom is 0.410 e. The number of aromatic nitrogens is 3. The minimum Gasteiger partial charge on any atom is -0.461 e. The van der Waals surface area contributed by atoms with Gasteiger partial charge >= 0.3 is 12.1 Å². The first kappa shape index (κ1) is 26.6. The summed E-state index contributed by atoms with van der Waals surface area (Å²) in [7, 11) is 0. The first-order chi connectivity index (χ1) is 18.1. The molecule has 0 aliphatic carbocycles. The van der Waals surface area contributed by atoms with Gasteiger partial charge in [0.1, 0.15) is 17.1 Å². The van der Waals surface area contributed by atoms with E-state index in [1.165, 1.54) is 4.68 Å². The van der Waals surface area contributed by atoms with Crippen LogP contribution in [0.3, 0.4) is 0 Å². The molecule has 4 rings (SSSR count). The SMILES string of the molecule is CCOC(=O)c1c(-c2ccc(C(=O)Nc3ccccn3)cc2)nc([C@@H]2CCCN2C(=O)OC(C)(C)C)n1N. The summed E-state index contributed by atoms with van der Waals surface area (Å²) in [6.07, 6.45) is 2.47. The van der Waals surface area contributed by atoms with Crippen molar-refractivity contribution in [1.29, 1.82) is 0 Å². The van der Waals surface area contributed by atoms with Crippen LogP contribution < -0.4 is 11.2 Å². The van der Waals surface area contributed by atoms with Crippen LogP contribution in [0.4, 0.5) is 10.6 Å². The molecule has 3 aromatic rings. The van der Waals surface area contributed by atoms with Crippen molar-refractivity contribution < 1.29 is 23.9 Å². The lowest BCUT2D eigenvalue weighted by molar-refractivity contribution is 0.0216. The Morgan fingerprint density at radius 2 is 1.87 bits per heavy atom. The number of esters is 1. The summed E-state index contributed by atoms with van der Waals surface area (Å²) in [5.41, 5.74) is 0.664. The molecule has 2 aromatic heterocycles. The molecule has 38 heavy (non-hydrogen) atoms. The largest absolute Gasteiger partial charge is 0.461 e. The molecule has 1 aliphatic rings. The second-order valence-electron chi connectivity index (χ2n) is 9.84. The molecule has 1 fully saturated rings. The van der Waals surface area contributed by atoms with Gasteiger partial charge in [-0.25, -0.2) is 24.2 Å². The third-order valence-electron chi connectivity index (χ3n) is 5.91. The molecule has 1 atom stereocenters. The van der Waals surface area contributed by atoms with Crippen molar-refractivity contribution in [3.63, 3.8) is 0 Å². The standard InChI is InChI=1S/C27H32N6O5/c1-5-37-25(35)22-21(17-11-13-18(14-12-17)24(34)30-20-10-6-7-15-29-20)31-23(33(22)28)19-9-8-16-32(19)26(36)38-27(2,3)4/h6-7,10-15,19H,5,8-9,16,28H2,1-4H3,(H,29,30,34)/t19-/m0/s1. The van der Waals surface area contributed by atoms with Gasteiger partial charge in [-0.05, 0) is 64.8 Å². The summed E-state index contributed by atoms with van der Waals surface area (Å²) in [5, 5.41) is 2.73. The number of carbonyl (C=O) groups excluding carboxylic acids is 3. The van der Waals surface area contributed by atoms with Gasteiger partial charge in [-0.1, -0.05) is 18.2 Å². The number of imidazole rings is 1. The number of likely N-dealkylation sites (tertiary alicyclic amines) is 1. The van der Waals surface area contributed by atoms with Gasteiger partial charge < -0.3 is 20.6 Å². The van der Waals surface area contributed by atoms with Gasteiger partial charge in [-0.15, -0.1) is 0 Å². The molecular formula is C27H32N6O5. The van der Waals surface area contributed by atoms with E-state index in [1.807, 2.05) is 0 Å². The van der Waals surface area contributed by atoms with Crippen LogP contribution >= 0.6 is 0 Å². The second-order valence-corrected chi connectivity index (χ2v) is 9.84. The topological polar surface area (TPSA) is 142 Å². The van der Waals surface area contributed by atoms with E-state index in [4.69, 9.17) is 20.3 Å². The minimum atomic E-state index is -0.659. The van der Waals surface area contributed by atoms with Crippen LogP contribution in [0.5, 0.6) is 0 Å². The third-order valence-corrected chi connectivity index (χ3v) is 5.91. The zero-order chi connectivity index (χ0) is 27.4. The molecule has 2 amide bonds. The highest BCUT2D eigenvalue weighted by Gasteiger charge is 2.38. The molecule has 3 heterocycles. The predicted octanol–water partition coefficient (Wildman–Crippen LogP) is 4.16. The lowest BCUT2D eigenvalue weighted by atomic mass is 10.1. The van der Waals surface area contributed by atoms with Crippen molar-refractivity contribution in [2.24, 2.45) is 0 Å². The second kappa shape index (κ2) is 10.9. The summed E-state index contributed by atoms with van der Waals surface area (Å²) >= 11 is 0. The lowest BCUT2D eigenvalue weighted by Gasteiger charge is -2.28. The van der Waals surface area contributed by atoms with E-state index in [1.54, 1.807) is 81.3 Å². The number of hydrogen-bond donors (Lipinski definition) is 2. The first-order valence-electron chi connectivity index (χ1n) is 12.5. The zero-order valence-electron chi connectivity index (χ0n) is 21.9. The van der Waals surface area contributed by atoms with Crippen molar-refractivity contribution in [3.8, 4) is 11.3 Å². The Bertz CT molecular complexity index is 1310. The molecule has 11 nitrogen and oxygen atoms in total. The number of nitrogen functional groups attached to an aromatic ring is 1. The molecule has 0 bridgehead atoms. The van der Waals surface area contributed by atoms with Crippen molar-refractivity contribution in [2.45, 2.75) is 52.2 Å². The molecule has 1 aliphatic heterocycles. The molecule has 0 saturated carbocycles. The van der Waals surface area contributed by atoms with Crippen molar-refractivity contribution in [3.05, 3.63) is 65.7 Å². The summed E-state index contributed by atoms with van der Waals surface area (Å²) < 4.78 is 12.0. The van der Waals surface area contributed by atoms with E-state index in [0.29, 0.717) is 41.4 Å². The third kappa shape index (κ3) is 5.77. The smallest absolute Gasteiger partial charge is 0.410 e. The van der Waals surface area contributed by atoms with Crippen LogP contribution in [0.15, 0.2) is 48.7 Å². The Labute approximate surface area is 220 Å². The van der Waals surface area contributed by atoms with Crippen LogP contribution in [0.2, 0.25) is 0 Å². The zero-order valence-corrected chi connectivity index (χ0v) is 21.9. The van der Waals surface area contributed by atoms with E-state index in [2.05, 4.69) is 10.3 Å². The van der Waals surface area contributed by atoms with E-state index in [-0.39, 0.29) is 18.2 Å². The minimum absolute atomic E-state index is 0.0589. The summed E-state index contributed by atoms with van der Waals surface area (Å²) in [6, 6.07) is 11.4. The number of nitrogens with two attached hydrogens (primary N) is 1. The van der Waals surface area contributed by atoms with E-state index in [9.17, 15) is 14.4 Å². The number of nitrogens with one attached hydrogen (secondary N) is 1. The number of hydrogen-bond acceptors (Lipinski definition) is 8. The highest BCUT2D eigenvalue weighted by Crippen LogP contribution is 2.35. The fourth-order valence-corrected chi connectivity index (χ4v) is 4.26. The number of carbonyl (C=O) groups is 3. The molecule has 1 aromatic carbocycles. The Kier molecular flexibility index (Phi) is 7.65. The quantitative estimate of drug-likeness (QED) is 0.364. The van der Waals surface area contributed by atoms with Crippen LogP contribution in [0.25, 0.3) is 11.3 Å². The number of benzene rings is 1. The highest BCUT2D eigenvalue weighted by molar-refractivity contribution is 6.04. The van der Waals surface area contributed by atoms with Gasteiger partial charge in [-0.2, -0.15) is 0 Å². The molecule has 0 spiro atoms. The molecule has 200 valence electrons. The molecule has 1 saturated heterocycles. The highest BCUT2D eigenvalue weighted by atomic mass is 16.6. The number of amides is 2. The Morgan fingerprint density at radius 3 is 2.50 bits per heavy atom. The van der Waals surface area contributed by atoms with Crippen LogP contribution in [0.1, 0.15) is 73.2 Å². The van der Waals surface area contributed by atoms with E-state index >= 15 is 0 Å². The fraction of sp³-hybridized carbons (Fsp3) is 0.370. The molecule has 0 radical (unpaired) electrons. The van der Waals surface area contributed by atoms with Crippen LogP contribution in [0, 0.1) is 0 Å². The van der Waals surface area contributed by atoms with Gasteiger partial charge in [0.05, 0.1) is 12.6 Å². The number of ether oxygens (including phenoxy) is 2. The van der Waals surface area contributed by atoms with Crippen LogP contribution in [-0.2, 0) is 9.47 Å². The molecule has 0 unspecified atom stereocenters. The average molecular weight is 521 g/mol. The molecular weight excluding hydrogens is 488 g/mol. The number of rotatable bonds is 6. The normalized spacial score (nSPS) is 15.3. The summed E-state index contributed by atoms with van der Waals surface area (Å²) in [5.74, 6) is 6.23. The van der Waals surface area contributed by atoms with Crippen LogP contribution in [-0.4, -0.2) is 56.3 Å². The Morgan fingerprint density at radius 1 is 1.13 bits per heavy atom. The Balaban J connectivity index is 1.66. The maximum absolute atomic E-state index is 12.9. The number of pyridine rings is 1. The monoisotopic (exact) mass is 520 g/mol. The molecule has 11 heteroatoms. The number of anilines is 1. The molecule has 3 N–H and O–H groups in total. The predicted molar refractivity (Wildman–Crippen MR) is 141 cm³/mol. The van der Waals surface area contributed by atoms with Gasteiger partial charge in [-0.3, -0.25) is 9.69 Å². The van der Waals surface area contributed by atoms with Crippen molar-refractivity contribution >= 4 is 23.8 Å². The summed E-state index contributed by atoms with van der Waals surface area (Å²) in [6.45, 7) is 7.74. The van der Waals surface area contributed by atoms with Gasteiger partial charge in [0, 0.05) is 23.9 Å². The lowest BCUT2D eigenvalue weighted by Crippen LogP contribution is -2.37. The maximum atomic E-state index is 12.9. The van der Waals surface area contributed by atoms with Gasteiger partial charge in [0.25, 0.3) is 5.91 Å². The van der Waals surface area contributed by atoms with E-state index < -0.39 is 23.7 Å².